The van der Waals surface area contributed by atoms with Crippen molar-refractivity contribution in [2.24, 2.45) is 5.73 Å². The van der Waals surface area contributed by atoms with E-state index in [1.807, 2.05) is 0 Å². The van der Waals surface area contributed by atoms with Gasteiger partial charge in [-0.05, 0) is 25.0 Å². The molecule has 2 aliphatic heterocycles. The van der Waals surface area contributed by atoms with Crippen LogP contribution < -0.4 is 16.0 Å². The topological polar surface area (TPSA) is 110 Å². The molecule has 2 aliphatic rings. The van der Waals surface area contributed by atoms with Gasteiger partial charge in [-0.3, -0.25) is 4.79 Å². The molecular weight excluding hydrogens is 262 g/mol. The van der Waals surface area contributed by atoms with Crippen molar-refractivity contribution in [2.45, 2.75) is 18.4 Å². The summed E-state index contributed by atoms with van der Waals surface area (Å²) >= 11 is 0. The summed E-state index contributed by atoms with van der Waals surface area (Å²) in [5.74, 6) is 0.113. The second-order valence-corrected chi connectivity index (χ2v) is 5.11. The van der Waals surface area contributed by atoms with Gasteiger partial charge in [-0.1, -0.05) is 0 Å². The Hall–Kier alpha value is -2.38. The second-order valence-electron chi connectivity index (χ2n) is 5.11. The maximum atomic E-state index is 11.2. The van der Waals surface area contributed by atoms with Crippen molar-refractivity contribution in [1.29, 1.82) is 0 Å². The van der Waals surface area contributed by atoms with Crippen LogP contribution in [0.1, 0.15) is 23.3 Å². The number of alkyl carbamates (subject to hydrolysis) is 1. The van der Waals surface area contributed by atoms with E-state index in [1.54, 1.807) is 12.1 Å². The van der Waals surface area contributed by atoms with E-state index in [2.05, 4.69) is 20.4 Å². The summed E-state index contributed by atoms with van der Waals surface area (Å²) in [6.07, 6.45) is 1.24. The van der Waals surface area contributed by atoms with E-state index in [0.29, 0.717) is 12.4 Å². The number of aromatic nitrogens is 2. The summed E-state index contributed by atoms with van der Waals surface area (Å²) in [6.45, 7) is 1.91. The standard InChI is InChI=1S/C12H15N5O3/c13-10(18)8-1-2-9(16-15-8)17-5-3-12(4-6-17)7-20-11(19)14-12/h1-2H,3-7H2,(H2,13,18)(H,14,19). The van der Waals surface area contributed by atoms with Crippen LogP contribution in [0.5, 0.6) is 0 Å². The molecule has 2 fully saturated rings. The molecule has 0 atom stereocenters. The molecule has 1 aromatic heterocycles. The first-order valence-electron chi connectivity index (χ1n) is 6.41. The highest BCUT2D eigenvalue weighted by atomic mass is 16.6. The summed E-state index contributed by atoms with van der Waals surface area (Å²) in [5, 5.41) is 10.7. The zero-order valence-electron chi connectivity index (χ0n) is 10.8. The lowest BCUT2D eigenvalue weighted by atomic mass is 9.89. The summed E-state index contributed by atoms with van der Waals surface area (Å²) in [4.78, 5) is 24.2. The monoisotopic (exact) mass is 277 g/mol. The normalized spacial score (nSPS) is 20.6. The fraction of sp³-hybridized carbons (Fsp3) is 0.500. The predicted molar refractivity (Wildman–Crippen MR) is 69.2 cm³/mol. The van der Waals surface area contributed by atoms with Crippen molar-refractivity contribution in [2.75, 3.05) is 24.6 Å². The summed E-state index contributed by atoms with van der Waals surface area (Å²) in [5.41, 5.74) is 5.03. The molecule has 0 radical (unpaired) electrons. The van der Waals surface area contributed by atoms with E-state index in [0.717, 1.165) is 25.9 Å². The number of hydrogen-bond donors (Lipinski definition) is 2. The first kappa shape index (κ1) is 12.6. The first-order valence-corrected chi connectivity index (χ1v) is 6.41. The molecule has 1 aromatic rings. The minimum Gasteiger partial charge on any atom is -0.447 e. The minimum atomic E-state index is -0.590. The lowest BCUT2D eigenvalue weighted by Gasteiger charge is -2.37. The lowest BCUT2D eigenvalue weighted by Crippen LogP contribution is -2.52. The van der Waals surface area contributed by atoms with Gasteiger partial charge in [0.1, 0.15) is 6.61 Å². The average molecular weight is 277 g/mol. The van der Waals surface area contributed by atoms with Gasteiger partial charge in [-0.25, -0.2) is 4.79 Å². The molecule has 2 saturated heterocycles. The summed E-state index contributed by atoms with van der Waals surface area (Å²) < 4.78 is 4.98. The number of piperidine rings is 1. The second kappa shape index (κ2) is 4.62. The van der Waals surface area contributed by atoms with Gasteiger partial charge < -0.3 is 20.7 Å². The van der Waals surface area contributed by atoms with Gasteiger partial charge in [-0.15, -0.1) is 10.2 Å². The van der Waals surface area contributed by atoms with Gasteiger partial charge in [0, 0.05) is 13.1 Å². The van der Waals surface area contributed by atoms with Crippen molar-refractivity contribution in [3.63, 3.8) is 0 Å². The maximum Gasteiger partial charge on any atom is 0.407 e. The van der Waals surface area contributed by atoms with Crippen molar-refractivity contribution in [3.05, 3.63) is 17.8 Å². The number of carbonyl (C=O) groups is 2. The highest BCUT2D eigenvalue weighted by Crippen LogP contribution is 2.28. The van der Waals surface area contributed by atoms with Crippen LogP contribution in [0.4, 0.5) is 10.6 Å². The van der Waals surface area contributed by atoms with Crippen LogP contribution in [-0.2, 0) is 4.74 Å². The van der Waals surface area contributed by atoms with E-state index in [-0.39, 0.29) is 17.3 Å². The predicted octanol–water partition coefficient (Wildman–Crippen LogP) is -0.346. The highest BCUT2D eigenvalue weighted by Gasteiger charge is 2.42. The van der Waals surface area contributed by atoms with Crippen molar-refractivity contribution in [1.82, 2.24) is 15.5 Å². The third-order valence-electron chi connectivity index (χ3n) is 3.79. The molecule has 3 heterocycles. The van der Waals surface area contributed by atoms with Gasteiger partial charge in [0.05, 0.1) is 5.54 Å². The number of ether oxygens (including phenoxy) is 1. The molecule has 106 valence electrons. The molecule has 8 heteroatoms. The molecule has 8 nitrogen and oxygen atoms in total. The molecule has 0 aliphatic carbocycles. The molecular formula is C12H15N5O3. The number of nitrogens with one attached hydrogen (secondary N) is 1. The zero-order chi connectivity index (χ0) is 14.2. The first-order chi connectivity index (χ1) is 9.58. The molecule has 1 spiro atoms. The Morgan fingerprint density at radius 2 is 2.10 bits per heavy atom. The van der Waals surface area contributed by atoms with Gasteiger partial charge in [0.25, 0.3) is 5.91 Å². The average Bonchev–Trinajstić information content (AvgIpc) is 2.81. The van der Waals surface area contributed by atoms with E-state index in [9.17, 15) is 9.59 Å². The number of primary amides is 1. The molecule has 0 saturated carbocycles. The maximum absolute atomic E-state index is 11.2. The zero-order valence-corrected chi connectivity index (χ0v) is 10.8. The van der Waals surface area contributed by atoms with Crippen LogP contribution in [0.2, 0.25) is 0 Å². The molecule has 3 N–H and O–H groups in total. The number of cyclic esters (lactones) is 1. The van der Waals surface area contributed by atoms with E-state index >= 15 is 0 Å². The Kier molecular flexibility index (Phi) is 2.92. The lowest BCUT2D eigenvalue weighted by molar-refractivity contribution is 0.0994. The SMILES string of the molecule is NC(=O)c1ccc(N2CCC3(CC2)COC(=O)N3)nn1. The number of anilines is 1. The number of rotatable bonds is 2. The Balaban J connectivity index is 1.66. The van der Waals surface area contributed by atoms with Gasteiger partial charge >= 0.3 is 6.09 Å². The quantitative estimate of drug-likeness (QED) is 0.764. The van der Waals surface area contributed by atoms with Crippen LogP contribution in [-0.4, -0.2) is 47.4 Å². The Labute approximate surface area is 115 Å². The van der Waals surface area contributed by atoms with Crippen LogP contribution in [0.15, 0.2) is 12.1 Å². The number of nitrogens with two attached hydrogens (primary N) is 1. The molecule has 0 unspecified atom stereocenters. The van der Waals surface area contributed by atoms with E-state index in [1.165, 1.54) is 0 Å². The summed E-state index contributed by atoms with van der Waals surface area (Å²) in [6, 6.07) is 3.30. The van der Waals surface area contributed by atoms with Crippen LogP contribution in [0.25, 0.3) is 0 Å². The van der Waals surface area contributed by atoms with E-state index in [4.69, 9.17) is 10.5 Å². The van der Waals surface area contributed by atoms with Crippen molar-refractivity contribution < 1.29 is 14.3 Å². The number of amides is 2. The van der Waals surface area contributed by atoms with Crippen LogP contribution in [0, 0.1) is 0 Å². The third-order valence-corrected chi connectivity index (χ3v) is 3.79. The fourth-order valence-electron chi connectivity index (χ4n) is 2.55. The molecule has 3 rings (SSSR count). The Morgan fingerprint density at radius 1 is 1.35 bits per heavy atom. The smallest absolute Gasteiger partial charge is 0.407 e. The number of carbonyl (C=O) groups excluding carboxylic acids is 2. The van der Waals surface area contributed by atoms with E-state index < -0.39 is 5.91 Å². The largest absolute Gasteiger partial charge is 0.447 e. The third kappa shape index (κ3) is 2.24. The number of nitrogens with zero attached hydrogens (tertiary/aromatic N) is 3. The van der Waals surface area contributed by atoms with Crippen molar-refractivity contribution >= 4 is 17.8 Å². The number of hydrogen-bond acceptors (Lipinski definition) is 6. The van der Waals surface area contributed by atoms with Gasteiger partial charge in [0.15, 0.2) is 11.5 Å². The van der Waals surface area contributed by atoms with Gasteiger partial charge in [0.2, 0.25) is 0 Å². The van der Waals surface area contributed by atoms with Crippen molar-refractivity contribution in [3.8, 4) is 0 Å². The molecule has 0 aromatic carbocycles. The highest BCUT2D eigenvalue weighted by molar-refractivity contribution is 5.90. The Bertz CT molecular complexity index is 537. The molecule has 2 amide bonds. The minimum absolute atomic E-state index is 0.152. The van der Waals surface area contributed by atoms with Gasteiger partial charge in [-0.2, -0.15) is 0 Å². The van der Waals surface area contributed by atoms with Crippen LogP contribution >= 0.6 is 0 Å². The summed E-state index contributed by atoms with van der Waals surface area (Å²) in [7, 11) is 0. The Morgan fingerprint density at radius 3 is 2.60 bits per heavy atom. The fourth-order valence-corrected chi connectivity index (χ4v) is 2.55. The molecule has 20 heavy (non-hydrogen) atoms. The van der Waals surface area contributed by atoms with Crippen LogP contribution in [0.3, 0.4) is 0 Å². The molecule has 0 bridgehead atoms.